The number of aromatic amines is 1. The molecule has 0 atom stereocenters. The molecule has 1 aliphatic carbocycles. The van der Waals surface area contributed by atoms with Crippen LogP contribution in [-0.2, 0) is 23.0 Å². The smallest absolute Gasteiger partial charge is 0.241 e. The molecule has 1 aliphatic rings. The van der Waals surface area contributed by atoms with Gasteiger partial charge in [-0.1, -0.05) is 6.07 Å². The van der Waals surface area contributed by atoms with E-state index in [1.165, 1.54) is 11.3 Å². The van der Waals surface area contributed by atoms with E-state index in [-0.39, 0.29) is 17.2 Å². The summed E-state index contributed by atoms with van der Waals surface area (Å²) < 4.78 is 28.1. The minimum absolute atomic E-state index is 0.137. The first kappa shape index (κ1) is 16.5. The number of carbonyl (C=O) groups excluding carboxylic acids is 1. The second-order valence-corrected chi connectivity index (χ2v) is 9.09. The Kier molecular flexibility index (Phi) is 4.02. The zero-order valence-electron chi connectivity index (χ0n) is 13.8. The highest BCUT2D eigenvalue weighted by molar-refractivity contribution is 7.89. The summed E-state index contributed by atoms with van der Waals surface area (Å²) in [4.78, 5) is 16.7. The third-order valence-electron chi connectivity index (χ3n) is 4.59. The van der Waals surface area contributed by atoms with E-state index in [1.54, 1.807) is 13.0 Å². The third kappa shape index (κ3) is 2.92. The van der Waals surface area contributed by atoms with Crippen molar-refractivity contribution in [1.29, 1.82) is 0 Å². The first-order chi connectivity index (χ1) is 12.0. The molecular weight excluding hydrogens is 356 g/mol. The summed E-state index contributed by atoms with van der Waals surface area (Å²) in [6.07, 6.45) is 2.22. The number of Topliss-reactive ketones (excluding diaryl/α,β-unsaturated/α-hetero) is 1. The Morgan fingerprint density at radius 1 is 1.28 bits per heavy atom. The van der Waals surface area contributed by atoms with Crippen LogP contribution in [0.3, 0.4) is 0 Å². The van der Waals surface area contributed by atoms with E-state index in [1.807, 2.05) is 23.6 Å². The minimum Gasteiger partial charge on any atom is -0.358 e. The summed E-state index contributed by atoms with van der Waals surface area (Å²) in [5, 5.41) is 2.75. The molecule has 0 bridgehead atoms. The summed E-state index contributed by atoms with van der Waals surface area (Å²) in [5.74, 6) is 0.137. The Labute approximate surface area is 150 Å². The van der Waals surface area contributed by atoms with Crippen LogP contribution in [0.25, 0.3) is 10.9 Å². The van der Waals surface area contributed by atoms with Gasteiger partial charge in [0.25, 0.3) is 0 Å². The molecule has 0 aliphatic heterocycles. The number of rotatable bonds is 4. The van der Waals surface area contributed by atoms with Crippen molar-refractivity contribution in [3.8, 4) is 0 Å². The van der Waals surface area contributed by atoms with Crippen molar-refractivity contribution in [2.75, 3.05) is 0 Å². The van der Waals surface area contributed by atoms with Gasteiger partial charge >= 0.3 is 0 Å². The van der Waals surface area contributed by atoms with Crippen molar-refractivity contribution in [3.63, 3.8) is 0 Å². The normalized spacial score (nSPS) is 14.8. The zero-order valence-corrected chi connectivity index (χ0v) is 15.4. The highest BCUT2D eigenvalue weighted by Crippen LogP contribution is 2.32. The minimum atomic E-state index is -3.62. The number of carbonyl (C=O) groups is 1. The van der Waals surface area contributed by atoms with E-state index in [2.05, 4.69) is 9.71 Å². The lowest BCUT2D eigenvalue weighted by atomic mass is 9.94. The monoisotopic (exact) mass is 374 g/mol. The molecule has 25 heavy (non-hydrogen) atoms. The van der Waals surface area contributed by atoms with Gasteiger partial charge in [0.05, 0.1) is 4.90 Å². The van der Waals surface area contributed by atoms with Crippen LogP contribution in [0.2, 0.25) is 0 Å². The predicted octanol–water partition coefficient (Wildman–Crippen LogP) is 3.54. The van der Waals surface area contributed by atoms with Gasteiger partial charge in [-0.15, -0.1) is 11.3 Å². The highest BCUT2D eigenvalue weighted by atomic mass is 32.2. The lowest BCUT2D eigenvalue weighted by Crippen LogP contribution is -2.23. The fourth-order valence-electron chi connectivity index (χ4n) is 3.39. The van der Waals surface area contributed by atoms with Crippen LogP contribution in [0.4, 0.5) is 0 Å². The first-order valence-electron chi connectivity index (χ1n) is 8.16. The van der Waals surface area contributed by atoms with Crippen molar-refractivity contribution in [1.82, 2.24) is 9.71 Å². The van der Waals surface area contributed by atoms with Gasteiger partial charge in [-0.05, 0) is 48.9 Å². The maximum absolute atomic E-state index is 12.7. The van der Waals surface area contributed by atoms with E-state index in [9.17, 15) is 13.2 Å². The van der Waals surface area contributed by atoms with Crippen LogP contribution in [0, 0.1) is 6.92 Å². The van der Waals surface area contributed by atoms with Gasteiger partial charge in [0.15, 0.2) is 5.78 Å². The second kappa shape index (κ2) is 6.09. The first-order valence-corrected chi connectivity index (χ1v) is 10.5. The predicted molar refractivity (Wildman–Crippen MR) is 98.6 cm³/mol. The molecule has 2 N–H and O–H groups in total. The van der Waals surface area contributed by atoms with Crippen molar-refractivity contribution < 1.29 is 13.2 Å². The van der Waals surface area contributed by atoms with Gasteiger partial charge in [0.2, 0.25) is 10.0 Å². The largest absolute Gasteiger partial charge is 0.358 e. The van der Waals surface area contributed by atoms with Crippen molar-refractivity contribution in [2.24, 2.45) is 0 Å². The lowest BCUT2D eigenvalue weighted by Gasteiger charge is -2.11. The maximum Gasteiger partial charge on any atom is 0.241 e. The number of aromatic nitrogens is 1. The Hall–Kier alpha value is -1.96. The average molecular weight is 374 g/mol. The van der Waals surface area contributed by atoms with Gasteiger partial charge in [-0.25, -0.2) is 13.1 Å². The molecule has 2 heterocycles. The van der Waals surface area contributed by atoms with Gasteiger partial charge in [0.1, 0.15) is 0 Å². The second-order valence-electron chi connectivity index (χ2n) is 6.32. The molecule has 2 aromatic heterocycles. The number of hydrogen-bond acceptors (Lipinski definition) is 4. The van der Waals surface area contributed by atoms with E-state index >= 15 is 0 Å². The highest BCUT2D eigenvalue weighted by Gasteiger charge is 2.25. The summed E-state index contributed by atoms with van der Waals surface area (Å²) in [7, 11) is -3.62. The molecule has 130 valence electrons. The van der Waals surface area contributed by atoms with Crippen molar-refractivity contribution in [2.45, 2.75) is 37.6 Å². The van der Waals surface area contributed by atoms with Crippen LogP contribution in [0.5, 0.6) is 0 Å². The summed E-state index contributed by atoms with van der Waals surface area (Å²) in [6, 6.07) is 7.25. The van der Waals surface area contributed by atoms with E-state index in [4.69, 9.17) is 0 Å². The number of aryl methyl sites for hydroxylation is 2. The molecule has 7 heteroatoms. The number of nitrogens with one attached hydrogen (secondary N) is 2. The Balaban J connectivity index is 1.75. The quantitative estimate of drug-likeness (QED) is 0.733. The molecule has 0 saturated carbocycles. The molecular formula is C18H18N2O3S2. The number of hydrogen-bond donors (Lipinski definition) is 2. The fourth-order valence-corrected chi connectivity index (χ4v) is 5.38. The number of sulfonamides is 1. The molecule has 0 unspecified atom stereocenters. The number of H-pyrrole nitrogens is 1. The molecule has 0 amide bonds. The van der Waals surface area contributed by atoms with E-state index < -0.39 is 10.0 Å². The topological polar surface area (TPSA) is 79.0 Å². The zero-order chi connectivity index (χ0) is 17.6. The lowest BCUT2D eigenvalue weighted by molar-refractivity contribution is 0.0974. The fraction of sp³-hybridized carbons (Fsp3) is 0.278. The van der Waals surface area contributed by atoms with Crippen LogP contribution >= 0.6 is 11.3 Å². The number of fused-ring (bicyclic) bond motifs is 3. The molecule has 3 aromatic rings. The van der Waals surface area contributed by atoms with E-state index in [0.29, 0.717) is 17.5 Å². The van der Waals surface area contributed by atoms with Crippen molar-refractivity contribution in [3.05, 3.63) is 51.3 Å². The van der Waals surface area contributed by atoms with Crippen molar-refractivity contribution >= 4 is 38.0 Å². The van der Waals surface area contributed by atoms with Gasteiger partial charge in [-0.2, -0.15) is 0 Å². The molecule has 0 spiro atoms. The molecule has 1 aromatic carbocycles. The van der Waals surface area contributed by atoms with Crippen LogP contribution < -0.4 is 4.72 Å². The molecule has 5 nitrogen and oxygen atoms in total. The van der Waals surface area contributed by atoms with E-state index in [0.717, 1.165) is 34.4 Å². The Morgan fingerprint density at radius 3 is 2.88 bits per heavy atom. The summed E-state index contributed by atoms with van der Waals surface area (Å²) in [5.41, 5.74) is 3.01. The van der Waals surface area contributed by atoms with Gasteiger partial charge in [-0.3, -0.25) is 4.79 Å². The Bertz CT molecular complexity index is 1060. The molecule has 0 fully saturated rings. The number of benzene rings is 1. The van der Waals surface area contributed by atoms with Crippen LogP contribution in [-0.4, -0.2) is 19.2 Å². The summed E-state index contributed by atoms with van der Waals surface area (Å²) >= 11 is 1.51. The average Bonchev–Trinajstić information content (AvgIpc) is 3.20. The number of thiophene rings is 1. The van der Waals surface area contributed by atoms with Crippen LogP contribution in [0.1, 0.15) is 39.3 Å². The standard InChI is InChI=1S/C18H18N2O3S2/c1-11-8-13-15(20-14-5-2-6-16(21)18(13)14)9-17(11)25(22,23)19-10-12-4-3-7-24-12/h3-4,7-9,19-20H,2,5-6,10H2,1H3. The summed E-state index contributed by atoms with van der Waals surface area (Å²) in [6.45, 7) is 2.04. The van der Waals surface area contributed by atoms with Gasteiger partial charge in [0, 0.05) is 40.0 Å². The molecule has 0 saturated heterocycles. The SMILES string of the molecule is Cc1cc2c3c([nH]c2cc1S(=O)(=O)NCc1cccs1)CCCC3=O. The van der Waals surface area contributed by atoms with Gasteiger partial charge < -0.3 is 4.98 Å². The molecule has 0 radical (unpaired) electrons. The Morgan fingerprint density at radius 2 is 2.12 bits per heavy atom. The molecule has 4 rings (SSSR count). The third-order valence-corrected chi connectivity index (χ3v) is 7.01. The maximum atomic E-state index is 12.7. The number of ketones is 1. The van der Waals surface area contributed by atoms with Crippen LogP contribution in [0.15, 0.2) is 34.5 Å².